The number of nitriles is 1. The van der Waals surface area contributed by atoms with E-state index in [9.17, 15) is 5.26 Å². The zero-order chi connectivity index (χ0) is 16.4. The second-order valence-corrected chi connectivity index (χ2v) is 5.59. The van der Waals surface area contributed by atoms with Crippen molar-refractivity contribution in [2.75, 3.05) is 18.8 Å². The fourth-order valence-electron chi connectivity index (χ4n) is 2.49. The van der Waals surface area contributed by atoms with Crippen molar-refractivity contribution < 1.29 is 9.57 Å². The van der Waals surface area contributed by atoms with Gasteiger partial charge in [-0.15, -0.1) is 0 Å². The van der Waals surface area contributed by atoms with Crippen molar-refractivity contribution >= 4 is 17.3 Å². The van der Waals surface area contributed by atoms with Crippen LogP contribution in [0.15, 0.2) is 36.4 Å². The van der Waals surface area contributed by atoms with E-state index in [1.807, 2.05) is 31.2 Å². The first kappa shape index (κ1) is 15.6. The monoisotopic (exact) mass is 329 g/mol. The maximum atomic E-state index is 9.20. The van der Waals surface area contributed by atoms with E-state index >= 15 is 0 Å². The number of nitrogens with zero attached hydrogens (tertiary/aromatic N) is 2. The SMILES string of the molecule is COc1cc(Cl)c(C#N)cc1-c1cccc(N2CNC(C)O2)c1. The van der Waals surface area contributed by atoms with Gasteiger partial charge >= 0.3 is 0 Å². The van der Waals surface area contributed by atoms with Crippen LogP contribution in [0.5, 0.6) is 5.75 Å². The second kappa shape index (κ2) is 6.47. The smallest absolute Gasteiger partial charge is 0.134 e. The number of hydrogen-bond acceptors (Lipinski definition) is 5. The summed E-state index contributed by atoms with van der Waals surface area (Å²) in [4.78, 5) is 5.68. The summed E-state index contributed by atoms with van der Waals surface area (Å²) in [6.07, 6.45) is -0.0195. The highest BCUT2D eigenvalue weighted by atomic mass is 35.5. The predicted octanol–water partition coefficient (Wildman–Crippen LogP) is 3.53. The Labute approximate surface area is 139 Å². The highest BCUT2D eigenvalue weighted by molar-refractivity contribution is 6.32. The zero-order valence-electron chi connectivity index (χ0n) is 12.8. The Balaban J connectivity index is 2.04. The summed E-state index contributed by atoms with van der Waals surface area (Å²) in [6.45, 7) is 2.57. The van der Waals surface area contributed by atoms with Crippen molar-refractivity contribution in [3.8, 4) is 22.9 Å². The Kier molecular flexibility index (Phi) is 4.39. The molecule has 1 heterocycles. The van der Waals surface area contributed by atoms with E-state index in [-0.39, 0.29) is 6.23 Å². The molecule has 0 bridgehead atoms. The van der Waals surface area contributed by atoms with Crippen LogP contribution in [-0.4, -0.2) is 20.0 Å². The minimum absolute atomic E-state index is 0.0195. The highest BCUT2D eigenvalue weighted by Crippen LogP contribution is 2.36. The molecular formula is C17H16ClN3O2. The molecule has 0 radical (unpaired) electrons. The minimum atomic E-state index is -0.0195. The van der Waals surface area contributed by atoms with Crippen molar-refractivity contribution in [2.45, 2.75) is 13.2 Å². The number of hydroxylamine groups is 1. The standard InChI is InChI=1S/C17H16ClN3O2/c1-11-20-10-21(23-11)14-5-3-4-12(6-14)15-7-13(9-19)16(18)8-17(15)22-2/h3-8,11,20H,10H2,1-2H3. The highest BCUT2D eigenvalue weighted by Gasteiger charge is 2.20. The van der Waals surface area contributed by atoms with Crippen LogP contribution in [0.1, 0.15) is 12.5 Å². The van der Waals surface area contributed by atoms with E-state index in [4.69, 9.17) is 21.2 Å². The number of benzene rings is 2. The average molecular weight is 330 g/mol. The largest absolute Gasteiger partial charge is 0.496 e. The molecular weight excluding hydrogens is 314 g/mol. The fourth-order valence-corrected chi connectivity index (χ4v) is 2.69. The van der Waals surface area contributed by atoms with E-state index < -0.39 is 0 Å². The van der Waals surface area contributed by atoms with Gasteiger partial charge in [0.05, 0.1) is 30.1 Å². The number of nitrogens with one attached hydrogen (secondary N) is 1. The van der Waals surface area contributed by atoms with Crippen molar-refractivity contribution in [3.63, 3.8) is 0 Å². The molecule has 0 aromatic heterocycles. The Morgan fingerprint density at radius 3 is 2.87 bits per heavy atom. The van der Waals surface area contributed by atoms with E-state index in [0.29, 0.717) is 23.0 Å². The van der Waals surface area contributed by atoms with Gasteiger partial charge in [-0.3, -0.25) is 10.2 Å². The molecule has 118 valence electrons. The van der Waals surface area contributed by atoms with Crippen LogP contribution in [0, 0.1) is 11.3 Å². The van der Waals surface area contributed by atoms with E-state index in [1.165, 1.54) is 0 Å². The van der Waals surface area contributed by atoms with Crippen molar-refractivity contribution in [1.82, 2.24) is 5.32 Å². The molecule has 2 aromatic carbocycles. The Morgan fingerprint density at radius 1 is 1.39 bits per heavy atom. The molecule has 0 saturated carbocycles. The van der Waals surface area contributed by atoms with Gasteiger partial charge < -0.3 is 4.74 Å². The van der Waals surface area contributed by atoms with Gasteiger partial charge in [0.1, 0.15) is 18.0 Å². The van der Waals surface area contributed by atoms with Gasteiger partial charge in [-0.1, -0.05) is 23.7 Å². The van der Waals surface area contributed by atoms with Crippen LogP contribution in [0.25, 0.3) is 11.1 Å². The molecule has 2 aromatic rings. The lowest BCUT2D eigenvalue weighted by molar-refractivity contribution is 0.0925. The Morgan fingerprint density at radius 2 is 2.22 bits per heavy atom. The van der Waals surface area contributed by atoms with Gasteiger partial charge in [0.15, 0.2) is 0 Å². The van der Waals surface area contributed by atoms with E-state index in [0.717, 1.165) is 16.8 Å². The molecule has 1 fully saturated rings. The quantitative estimate of drug-likeness (QED) is 0.933. The fraction of sp³-hybridized carbons (Fsp3) is 0.235. The molecule has 0 amide bonds. The van der Waals surface area contributed by atoms with Gasteiger partial charge in [0.25, 0.3) is 0 Å². The van der Waals surface area contributed by atoms with Crippen LogP contribution < -0.4 is 15.1 Å². The van der Waals surface area contributed by atoms with E-state index in [2.05, 4.69) is 11.4 Å². The molecule has 1 N–H and O–H groups in total. The molecule has 0 aliphatic carbocycles. The molecule has 0 spiro atoms. The summed E-state index contributed by atoms with van der Waals surface area (Å²) in [5, 5.41) is 14.6. The molecule has 23 heavy (non-hydrogen) atoms. The molecule has 3 rings (SSSR count). The van der Waals surface area contributed by atoms with Gasteiger partial charge in [0.2, 0.25) is 0 Å². The number of ether oxygens (including phenoxy) is 1. The van der Waals surface area contributed by atoms with Crippen LogP contribution in [0.3, 0.4) is 0 Å². The van der Waals surface area contributed by atoms with E-state index in [1.54, 1.807) is 24.3 Å². The topological polar surface area (TPSA) is 57.5 Å². The number of hydrogen-bond donors (Lipinski definition) is 1. The minimum Gasteiger partial charge on any atom is -0.496 e. The first-order chi connectivity index (χ1) is 11.1. The Bertz CT molecular complexity index is 773. The lowest BCUT2D eigenvalue weighted by atomic mass is 10.0. The van der Waals surface area contributed by atoms with Crippen molar-refractivity contribution in [1.29, 1.82) is 5.26 Å². The lowest BCUT2D eigenvalue weighted by Crippen LogP contribution is -2.20. The number of halogens is 1. The van der Waals surface area contributed by atoms with Crippen LogP contribution in [-0.2, 0) is 4.84 Å². The number of rotatable bonds is 3. The van der Waals surface area contributed by atoms with Crippen LogP contribution in [0.2, 0.25) is 5.02 Å². The summed E-state index contributed by atoms with van der Waals surface area (Å²) in [7, 11) is 1.58. The van der Waals surface area contributed by atoms with Gasteiger partial charge in [-0.25, -0.2) is 5.06 Å². The molecule has 1 aliphatic rings. The lowest BCUT2D eigenvalue weighted by Gasteiger charge is -2.17. The van der Waals surface area contributed by atoms with Crippen molar-refractivity contribution in [3.05, 3.63) is 47.0 Å². The molecule has 5 nitrogen and oxygen atoms in total. The first-order valence-corrected chi connectivity index (χ1v) is 7.56. The zero-order valence-corrected chi connectivity index (χ0v) is 13.6. The van der Waals surface area contributed by atoms with Crippen molar-refractivity contribution in [2.24, 2.45) is 0 Å². The van der Waals surface area contributed by atoms with Crippen LogP contribution in [0.4, 0.5) is 5.69 Å². The Hall–Kier alpha value is -2.26. The maximum absolute atomic E-state index is 9.20. The predicted molar refractivity (Wildman–Crippen MR) is 89.2 cm³/mol. The molecule has 1 saturated heterocycles. The maximum Gasteiger partial charge on any atom is 0.134 e. The third kappa shape index (κ3) is 3.10. The summed E-state index contributed by atoms with van der Waals surface area (Å²) >= 11 is 6.08. The third-order valence-corrected chi connectivity index (χ3v) is 3.98. The normalized spacial score (nSPS) is 17.1. The molecule has 1 aliphatic heterocycles. The molecule has 6 heteroatoms. The summed E-state index contributed by atoms with van der Waals surface area (Å²) in [6, 6.07) is 13.4. The summed E-state index contributed by atoms with van der Waals surface area (Å²) in [5.74, 6) is 0.625. The number of anilines is 1. The molecule has 1 atom stereocenters. The third-order valence-electron chi connectivity index (χ3n) is 3.66. The number of methoxy groups -OCH3 is 1. The molecule has 1 unspecified atom stereocenters. The second-order valence-electron chi connectivity index (χ2n) is 5.18. The van der Waals surface area contributed by atoms with Crippen LogP contribution >= 0.6 is 11.6 Å². The van der Waals surface area contributed by atoms with Gasteiger partial charge in [-0.05, 0) is 30.7 Å². The summed E-state index contributed by atoms with van der Waals surface area (Å²) in [5.41, 5.74) is 3.08. The van der Waals surface area contributed by atoms with Gasteiger partial charge in [0, 0.05) is 11.6 Å². The first-order valence-electron chi connectivity index (χ1n) is 7.18. The average Bonchev–Trinajstić information content (AvgIpc) is 3.01. The summed E-state index contributed by atoms with van der Waals surface area (Å²) < 4.78 is 5.41. The van der Waals surface area contributed by atoms with Gasteiger partial charge in [-0.2, -0.15) is 5.26 Å².